The van der Waals surface area contributed by atoms with E-state index in [9.17, 15) is 14.4 Å². The first kappa shape index (κ1) is 19.6. The summed E-state index contributed by atoms with van der Waals surface area (Å²) in [4.78, 5) is 35.9. The minimum absolute atomic E-state index is 0.0158. The summed E-state index contributed by atoms with van der Waals surface area (Å²) in [6.45, 7) is 5.87. The third-order valence-corrected chi connectivity index (χ3v) is 4.05. The second kappa shape index (κ2) is 9.12. The lowest BCUT2D eigenvalue weighted by Gasteiger charge is -2.14. The zero-order valence-electron chi connectivity index (χ0n) is 15.4. The minimum Gasteiger partial charge on any atom is -0.451 e. The van der Waals surface area contributed by atoms with Gasteiger partial charge in [-0.3, -0.25) is 9.59 Å². The van der Waals surface area contributed by atoms with E-state index < -0.39 is 5.97 Å². The molecule has 0 aliphatic carbocycles. The van der Waals surface area contributed by atoms with Gasteiger partial charge in [0.25, 0.3) is 11.5 Å². The number of hydrogen-bond acceptors (Lipinski definition) is 5. The van der Waals surface area contributed by atoms with E-state index in [1.165, 1.54) is 0 Å². The Labute approximate surface area is 152 Å². The largest absolute Gasteiger partial charge is 0.451 e. The predicted octanol–water partition coefficient (Wildman–Crippen LogP) is 2.41. The standard InChI is InChI=1S/C19H25N3O4/c1-12(2)7-6-8-13(3)20-16(23)11-26-19(25)17-14-9-4-5-10-15(14)18(24)22-21-17/h4-5,9-10,12-13H,6-8,11H2,1-3H3,(H,20,23)(H,22,24). The molecule has 7 nitrogen and oxygen atoms in total. The van der Waals surface area contributed by atoms with Crippen LogP contribution in [0.25, 0.3) is 10.8 Å². The maximum absolute atomic E-state index is 12.2. The number of carbonyl (C=O) groups excluding carboxylic acids is 2. The van der Waals surface area contributed by atoms with Crippen molar-refractivity contribution >= 4 is 22.6 Å². The fourth-order valence-corrected chi connectivity index (χ4v) is 2.69. The SMILES string of the molecule is CC(C)CCCC(C)NC(=O)COC(=O)c1n[nH]c(=O)c2ccccc12. The maximum Gasteiger partial charge on any atom is 0.359 e. The lowest BCUT2D eigenvalue weighted by atomic mass is 10.0. The Kier molecular flexibility index (Phi) is 6.89. The van der Waals surface area contributed by atoms with Crippen LogP contribution < -0.4 is 10.9 Å². The molecule has 0 aliphatic heterocycles. The first-order valence-corrected chi connectivity index (χ1v) is 8.82. The Morgan fingerprint density at radius 2 is 1.85 bits per heavy atom. The summed E-state index contributed by atoms with van der Waals surface area (Å²) in [7, 11) is 0. The van der Waals surface area contributed by atoms with Crippen molar-refractivity contribution in [3.05, 3.63) is 40.3 Å². The predicted molar refractivity (Wildman–Crippen MR) is 98.9 cm³/mol. The van der Waals surface area contributed by atoms with E-state index in [2.05, 4.69) is 29.4 Å². The lowest BCUT2D eigenvalue weighted by molar-refractivity contribution is -0.124. The molecule has 1 heterocycles. The van der Waals surface area contributed by atoms with Crippen LogP contribution in [0.1, 0.15) is 50.5 Å². The van der Waals surface area contributed by atoms with Crippen molar-refractivity contribution in [2.45, 2.75) is 46.1 Å². The van der Waals surface area contributed by atoms with Crippen molar-refractivity contribution in [2.24, 2.45) is 5.92 Å². The zero-order valence-corrected chi connectivity index (χ0v) is 15.4. The molecular weight excluding hydrogens is 334 g/mol. The molecule has 0 saturated carbocycles. The van der Waals surface area contributed by atoms with E-state index in [4.69, 9.17) is 4.74 Å². The Morgan fingerprint density at radius 3 is 2.54 bits per heavy atom. The number of hydrogen-bond donors (Lipinski definition) is 2. The van der Waals surface area contributed by atoms with Crippen LogP contribution in [-0.4, -0.2) is 34.7 Å². The van der Waals surface area contributed by atoms with Crippen molar-refractivity contribution in [3.63, 3.8) is 0 Å². The summed E-state index contributed by atoms with van der Waals surface area (Å²) in [5.74, 6) is -0.470. The number of ether oxygens (including phenoxy) is 1. The number of benzene rings is 1. The summed E-state index contributed by atoms with van der Waals surface area (Å²) in [6, 6.07) is 6.63. The fourth-order valence-electron chi connectivity index (χ4n) is 2.69. The topological polar surface area (TPSA) is 101 Å². The Hall–Kier alpha value is -2.70. The van der Waals surface area contributed by atoms with Crippen LogP contribution in [0, 0.1) is 5.92 Å². The van der Waals surface area contributed by atoms with Gasteiger partial charge in [-0.2, -0.15) is 5.10 Å². The van der Waals surface area contributed by atoms with Gasteiger partial charge in [0.2, 0.25) is 0 Å². The van der Waals surface area contributed by atoms with Gasteiger partial charge in [-0.15, -0.1) is 0 Å². The van der Waals surface area contributed by atoms with Gasteiger partial charge in [0.1, 0.15) is 0 Å². The quantitative estimate of drug-likeness (QED) is 0.705. The summed E-state index contributed by atoms with van der Waals surface area (Å²) in [6.07, 6.45) is 3.02. The van der Waals surface area contributed by atoms with E-state index in [1.807, 2.05) is 6.92 Å². The summed E-state index contributed by atoms with van der Waals surface area (Å²) in [5.41, 5.74) is -0.400. The van der Waals surface area contributed by atoms with E-state index in [0.29, 0.717) is 16.7 Å². The average molecular weight is 359 g/mol. The number of carbonyl (C=O) groups is 2. The van der Waals surface area contributed by atoms with E-state index >= 15 is 0 Å². The van der Waals surface area contributed by atoms with Gasteiger partial charge in [-0.25, -0.2) is 9.89 Å². The second-order valence-electron chi connectivity index (χ2n) is 6.82. The fraction of sp³-hybridized carbons (Fsp3) is 0.474. The molecule has 1 unspecified atom stereocenters. The van der Waals surface area contributed by atoms with Gasteiger partial charge < -0.3 is 10.1 Å². The Morgan fingerprint density at radius 1 is 1.15 bits per heavy atom. The van der Waals surface area contributed by atoms with E-state index in [1.54, 1.807) is 24.3 Å². The number of H-pyrrole nitrogens is 1. The molecule has 140 valence electrons. The van der Waals surface area contributed by atoms with Gasteiger partial charge in [-0.1, -0.05) is 44.9 Å². The van der Waals surface area contributed by atoms with Gasteiger partial charge >= 0.3 is 5.97 Å². The molecule has 0 bridgehead atoms. The molecule has 7 heteroatoms. The molecule has 0 spiro atoms. The monoisotopic (exact) mass is 359 g/mol. The summed E-state index contributed by atoms with van der Waals surface area (Å²) < 4.78 is 5.05. The highest BCUT2D eigenvalue weighted by Crippen LogP contribution is 2.13. The number of aromatic nitrogens is 2. The lowest BCUT2D eigenvalue weighted by Crippen LogP contribution is -2.36. The second-order valence-corrected chi connectivity index (χ2v) is 6.82. The van der Waals surface area contributed by atoms with Crippen LogP contribution in [0.3, 0.4) is 0 Å². The highest BCUT2D eigenvalue weighted by atomic mass is 16.5. The van der Waals surface area contributed by atoms with Crippen LogP contribution >= 0.6 is 0 Å². The van der Waals surface area contributed by atoms with Crippen LogP contribution in [-0.2, 0) is 9.53 Å². The number of nitrogens with zero attached hydrogens (tertiary/aromatic N) is 1. The van der Waals surface area contributed by atoms with E-state index in [0.717, 1.165) is 19.3 Å². The molecule has 26 heavy (non-hydrogen) atoms. The minimum atomic E-state index is -0.750. The molecule has 1 aromatic carbocycles. The molecule has 1 amide bonds. The molecule has 1 atom stereocenters. The van der Waals surface area contributed by atoms with Crippen LogP contribution in [0.4, 0.5) is 0 Å². The van der Waals surface area contributed by atoms with Gasteiger partial charge in [0.15, 0.2) is 12.3 Å². The van der Waals surface area contributed by atoms with E-state index in [-0.39, 0.29) is 29.8 Å². The van der Waals surface area contributed by atoms with Crippen molar-refractivity contribution in [2.75, 3.05) is 6.61 Å². The van der Waals surface area contributed by atoms with Crippen LogP contribution in [0.5, 0.6) is 0 Å². The van der Waals surface area contributed by atoms with Crippen LogP contribution in [0.15, 0.2) is 29.1 Å². The number of esters is 1. The average Bonchev–Trinajstić information content (AvgIpc) is 2.60. The molecule has 2 rings (SSSR count). The van der Waals surface area contributed by atoms with Crippen molar-refractivity contribution < 1.29 is 14.3 Å². The third kappa shape index (κ3) is 5.40. The highest BCUT2D eigenvalue weighted by Gasteiger charge is 2.17. The number of aromatic amines is 1. The number of nitrogens with one attached hydrogen (secondary N) is 2. The van der Waals surface area contributed by atoms with Crippen molar-refractivity contribution in [1.82, 2.24) is 15.5 Å². The molecule has 0 radical (unpaired) electrons. The third-order valence-electron chi connectivity index (χ3n) is 4.05. The van der Waals surface area contributed by atoms with Gasteiger partial charge in [0.05, 0.1) is 5.39 Å². The first-order valence-electron chi connectivity index (χ1n) is 8.82. The Bertz CT molecular complexity index is 829. The number of fused-ring (bicyclic) bond motifs is 1. The first-order chi connectivity index (χ1) is 12.4. The molecule has 1 aromatic heterocycles. The maximum atomic E-state index is 12.2. The van der Waals surface area contributed by atoms with Crippen LogP contribution in [0.2, 0.25) is 0 Å². The molecule has 0 aliphatic rings. The summed E-state index contributed by atoms with van der Waals surface area (Å²) in [5, 5.41) is 9.58. The highest BCUT2D eigenvalue weighted by molar-refractivity contribution is 6.02. The van der Waals surface area contributed by atoms with Gasteiger partial charge in [0, 0.05) is 11.4 Å². The molecular formula is C19H25N3O4. The smallest absolute Gasteiger partial charge is 0.359 e. The molecule has 2 N–H and O–H groups in total. The number of amides is 1. The number of rotatable bonds is 8. The summed E-state index contributed by atoms with van der Waals surface area (Å²) >= 11 is 0. The zero-order chi connectivity index (χ0) is 19.1. The molecule has 0 saturated heterocycles. The van der Waals surface area contributed by atoms with Gasteiger partial charge in [-0.05, 0) is 25.3 Å². The van der Waals surface area contributed by atoms with Crippen molar-refractivity contribution in [1.29, 1.82) is 0 Å². The molecule has 2 aromatic rings. The normalized spacial score (nSPS) is 12.2. The Balaban J connectivity index is 1.90. The molecule has 0 fully saturated rings. The van der Waals surface area contributed by atoms with Crippen molar-refractivity contribution in [3.8, 4) is 0 Å².